The Morgan fingerprint density at radius 2 is 1.42 bits per heavy atom. The Morgan fingerprint density at radius 1 is 0.860 bits per heavy atom. The molecule has 0 aromatic heterocycles. The Balaban J connectivity index is 0.887. The molecular weight excluding hydrogens is 555 g/mol. The van der Waals surface area contributed by atoms with Crippen molar-refractivity contribution in [2.75, 3.05) is 26.2 Å². The zero-order chi connectivity index (χ0) is 29.8. The fraction of sp³-hybridized carbons (Fsp3) is 0.588. The highest BCUT2D eigenvalue weighted by atomic mass is 19.4. The van der Waals surface area contributed by atoms with Crippen LogP contribution in [0.1, 0.15) is 78.4 Å². The Labute approximate surface area is 250 Å². The van der Waals surface area contributed by atoms with Crippen LogP contribution in [0.5, 0.6) is 0 Å². The summed E-state index contributed by atoms with van der Waals surface area (Å²) >= 11 is 0. The van der Waals surface area contributed by atoms with Gasteiger partial charge < -0.3 is 10.1 Å². The number of likely N-dealkylation sites (tertiary alicyclic amines) is 1. The summed E-state index contributed by atoms with van der Waals surface area (Å²) in [5, 5.41) is 3.25. The summed E-state index contributed by atoms with van der Waals surface area (Å²) in [4.78, 5) is 29.7. The highest BCUT2D eigenvalue weighted by Gasteiger charge is 2.51. The molecule has 2 aromatic carbocycles. The molecule has 1 N–H and O–H groups in total. The molecule has 2 amide bonds. The number of alkyl halides is 3. The summed E-state index contributed by atoms with van der Waals surface area (Å²) < 4.78 is 44.5. The van der Waals surface area contributed by atoms with Crippen LogP contribution >= 0.6 is 0 Å². The Bertz CT molecular complexity index is 1310. The predicted octanol–water partition coefficient (Wildman–Crippen LogP) is 6.64. The Kier molecular flexibility index (Phi) is 7.22. The lowest BCUT2D eigenvalue weighted by molar-refractivity contribution is -0.137. The van der Waals surface area contributed by atoms with E-state index in [-0.39, 0.29) is 12.0 Å². The molecule has 6 aliphatic rings. The van der Waals surface area contributed by atoms with E-state index < -0.39 is 17.3 Å². The number of rotatable bonds is 7. The molecule has 2 aromatic rings. The second-order valence-electron chi connectivity index (χ2n) is 14.2. The van der Waals surface area contributed by atoms with E-state index in [2.05, 4.69) is 10.2 Å². The first-order valence-corrected chi connectivity index (χ1v) is 15.8. The molecule has 2 heterocycles. The summed E-state index contributed by atoms with van der Waals surface area (Å²) in [7, 11) is 0. The molecule has 4 aliphatic carbocycles. The molecule has 43 heavy (non-hydrogen) atoms. The van der Waals surface area contributed by atoms with Crippen LogP contribution in [-0.2, 0) is 24.0 Å². The van der Waals surface area contributed by atoms with E-state index in [9.17, 15) is 22.8 Å². The van der Waals surface area contributed by atoms with Crippen LogP contribution in [-0.4, -0.2) is 53.6 Å². The maximum absolute atomic E-state index is 13.0. The van der Waals surface area contributed by atoms with Crippen LogP contribution in [0, 0.1) is 23.2 Å². The number of hydrogen-bond acceptors (Lipinski definition) is 4. The molecule has 2 saturated heterocycles. The zero-order valence-electron chi connectivity index (χ0n) is 24.5. The highest BCUT2D eigenvalue weighted by molar-refractivity contribution is 5.94. The van der Waals surface area contributed by atoms with Crippen LogP contribution in [0.4, 0.5) is 18.0 Å². The number of nitrogens with one attached hydrogen (secondary N) is 1. The van der Waals surface area contributed by atoms with Crippen LogP contribution in [0.2, 0.25) is 0 Å². The number of benzene rings is 2. The monoisotopic (exact) mass is 595 g/mol. The minimum absolute atomic E-state index is 0.0233. The lowest BCUT2D eigenvalue weighted by Gasteiger charge is -2.56. The second kappa shape index (κ2) is 10.8. The van der Waals surface area contributed by atoms with Crippen molar-refractivity contribution >= 4 is 12.0 Å². The molecule has 6 fully saturated rings. The number of piperidine rings is 1. The lowest BCUT2D eigenvalue weighted by atomic mass is 9.49. The summed E-state index contributed by atoms with van der Waals surface area (Å²) in [6, 6.07) is 12.8. The number of amides is 2. The van der Waals surface area contributed by atoms with Gasteiger partial charge in [0.2, 0.25) is 0 Å². The fourth-order valence-electron chi connectivity index (χ4n) is 9.11. The normalized spacial score (nSPS) is 29.7. The zero-order valence-corrected chi connectivity index (χ0v) is 24.5. The van der Waals surface area contributed by atoms with E-state index in [1.807, 2.05) is 24.3 Å². The first kappa shape index (κ1) is 28.7. The van der Waals surface area contributed by atoms with Crippen molar-refractivity contribution < 1.29 is 27.5 Å². The summed E-state index contributed by atoms with van der Waals surface area (Å²) in [5.41, 5.74) is 1.55. The Hall–Kier alpha value is -3.07. The maximum atomic E-state index is 13.0. The molecule has 6 nitrogen and oxygen atoms in total. The van der Waals surface area contributed by atoms with Crippen molar-refractivity contribution in [2.45, 2.75) is 76.2 Å². The first-order chi connectivity index (χ1) is 20.6. The van der Waals surface area contributed by atoms with Crippen molar-refractivity contribution in [1.29, 1.82) is 0 Å². The second-order valence-corrected chi connectivity index (χ2v) is 14.2. The minimum atomic E-state index is -4.33. The van der Waals surface area contributed by atoms with Crippen LogP contribution in [0.3, 0.4) is 0 Å². The van der Waals surface area contributed by atoms with Gasteiger partial charge in [-0.1, -0.05) is 24.3 Å². The number of carbonyl (C=O) groups excluding carboxylic acids is 2. The summed E-state index contributed by atoms with van der Waals surface area (Å²) in [6.07, 6.45) is 4.68. The third-order valence-corrected chi connectivity index (χ3v) is 10.9. The molecule has 9 heteroatoms. The molecule has 8 rings (SSSR count). The van der Waals surface area contributed by atoms with E-state index >= 15 is 0 Å². The van der Waals surface area contributed by atoms with Crippen molar-refractivity contribution in [3.8, 4) is 0 Å². The average Bonchev–Trinajstić information content (AvgIpc) is 3.26. The number of halogens is 3. The van der Waals surface area contributed by atoms with E-state index in [4.69, 9.17) is 4.74 Å². The van der Waals surface area contributed by atoms with Crippen molar-refractivity contribution in [1.82, 2.24) is 15.1 Å². The Morgan fingerprint density at radius 3 is 2.00 bits per heavy atom. The van der Waals surface area contributed by atoms with Gasteiger partial charge in [0.25, 0.3) is 5.91 Å². The number of ether oxygens (including phenoxy) is 1. The molecule has 0 atom stereocenters. The van der Waals surface area contributed by atoms with Gasteiger partial charge in [0.05, 0.1) is 12.1 Å². The fourth-order valence-corrected chi connectivity index (χ4v) is 9.11. The molecule has 230 valence electrons. The van der Waals surface area contributed by atoms with Gasteiger partial charge in [0.15, 0.2) is 0 Å². The molecule has 2 aliphatic heterocycles. The predicted molar refractivity (Wildman–Crippen MR) is 155 cm³/mol. The van der Waals surface area contributed by atoms with E-state index in [0.29, 0.717) is 56.5 Å². The molecule has 4 bridgehead atoms. The SMILES string of the molecule is O=C(NCC12CC3CC(CC(C3)C1)C2)c1ccc(CN2CC3(CCN(Cc4ccc(C(F)(F)F)cc4)CC3)OC2=O)cc1. The van der Waals surface area contributed by atoms with Gasteiger partial charge in [-0.05, 0) is 97.1 Å². The van der Waals surface area contributed by atoms with Crippen molar-refractivity contribution in [3.63, 3.8) is 0 Å². The molecular formula is C34H40F3N3O3. The number of hydrogen-bond donors (Lipinski definition) is 1. The standard InChI is InChI=1S/C34H40F3N3O3/c35-34(36,37)29-7-3-23(4-8-29)19-39-11-9-33(10-12-39)22-40(31(42)43-33)20-24-1-5-28(6-2-24)30(41)38-21-32-16-25-13-26(17-32)15-27(14-25)18-32/h1-8,25-27H,9-22H2,(H,38,41). The van der Waals surface area contributed by atoms with Crippen molar-refractivity contribution in [2.24, 2.45) is 23.2 Å². The third kappa shape index (κ3) is 6.02. The van der Waals surface area contributed by atoms with Gasteiger partial charge in [-0.2, -0.15) is 13.2 Å². The van der Waals surface area contributed by atoms with Gasteiger partial charge in [-0.3, -0.25) is 14.6 Å². The highest BCUT2D eigenvalue weighted by Crippen LogP contribution is 2.59. The van der Waals surface area contributed by atoms with Crippen LogP contribution in [0.15, 0.2) is 48.5 Å². The molecule has 0 radical (unpaired) electrons. The first-order valence-electron chi connectivity index (χ1n) is 15.8. The van der Waals surface area contributed by atoms with E-state index in [1.165, 1.54) is 50.7 Å². The van der Waals surface area contributed by atoms with Gasteiger partial charge in [-0.15, -0.1) is 0 Å². The van der Waals surface area contributed by atoms with Crippen molar-refractivity contribution in [3.05, 3.63) is 70.8 Å². The largest absolute Gasteiger partial charge is 0.441 e. The summed E-state index contributed by atoms with van der Waals surface area (Å²) in [6.45, 7) is 3.68. The maximum Gasteiger partial charge on any atom is 0.416 e. The van der Waals surface area contributed by atoms with Gasteiger partial charge in [-0.25, -0.2) is 4.79 Å². The van der Waals surface area contributed by atoms with Gasteiger partial charge in [0.1, 0.15) is 5.60 Å². The molecule has 0 unspecified atom stereocenters. The van der Waals surface area contributed by atoms with Gasteiger partial charge >= 0.3 is 12.3 Å². The smallest absolute Gasteiger partial charge is 0.416 e. The third-order valence-electron chi connectivity index (χ3n) is 10.9. The quantitative estimate of drug-likeness (QED) is 0.390. The van der Waals surface area contributed by atoms with E-state index in [1.54, 1.807) is 4.90 Å². The average molecular weight is 596 g/mol. The minimum Gasteiger partial charge on any atom is -0.441 e. The lowest BCUT2D eigenvalue weighted by Crippen LogP contribution is -2.51. The molecule has 4 saturated carbocycles. The van der Waals surface area contributed by atoms with Crippen LogP contribution < -0.4 is 5.32 Å². The molecule has 1 spiro atoms. The number of carbonyl (C=O) groups is 2. The van der Waals surface area contributed by atoms with Gasteiger partial charge in [0, 0.05) is 51.1 Å². The topological polar surface area (TPSA) is 61.9 Å². The summed E-state index contributed by atoms with van der Waals surface area (Å²) in [5.74, 6) is 2.56. The number of nitrogens with zero attached hydrogens (tertiary/aromatic N) is 2. The van der Waals surface area contributed by atoms with E-state index in [0.717, 1.165) is 47.6 Å². The van der Waals surface area contributed by atoms with Crippen LogP contribution in [0.25, 0.3) is 0 Å².